The van der Waals surface area contributed by atoms with Gasteiger partial charge in [-0.25, -0.2) is 4.98 Å². The van der Waals surface area contributed by atoms with Gasteiger partial charge in [0.2, 0.25) is 0 Å². The third-order valence-electron chi connectivity index (χ3n) is 4.44. The van der Waals surface area contributed by atoms with Crippen molar-refractivity contribution in [3.63, 3.8) is 0 Å². The normalized spacial score (nSPS) is 12.4. The third kappa shape index (κ3) is 4.85. The largest absolute Gasteiger partial charge is 0.481 e. The number of hydrogen-bond acceptors (Lipinski definition) is 4. The molecule has 0 radical (unpaired) electrons. The first-order valence-electron chi connectivity index (χ1n) is 8.87. The number of carboxylic acid groups (broad SMARTS) is 1. The van der Waals surface area contributed by atoms with E-state index in [9.17, 15) is 22.8 Å². The predicted molar refractivity (Wildman–Crippen MR) is 106 cm³/mol. The molecular formula is C21H17F3N2O3S. The van der Waals surface area contributed by atoms with Crippen LogP contribution in [0.1, 0.15) is 39.6 Å². The Hall–Kier alpha value is -3.20. The maximum atomic E-state index is 13.4. The van der Waals surface area contributed by atoms with Crippen molar-refractivity contribution < 1.29 is 27.9 Å². The van der Waals surface area contributed by atoms with E-state index in [1.807, 2.05) is 31.2 Å². The van der Waals surface area contributed by atoms with Crippen LogP contribution in [0, 0.1) is 6.92 Å². The van der Waals surface area contributed by atoms with Crippen LogP contribution in [0.4, 0.5) is 13.2 Å². The highest BCUT2D eigenvalue weighted by atomic mass is 32.1. The molecule has 0 aliphatic carbocycles. The number of carbonyl (C=O) groups excluding carboxylic acids is 1. The number of rotatable bonds is 6. The Labute approximate surface area is 174 Å². The first-order chi connectivity index (χ1) is 14.2. The Kier molecular flexibility index (Phi) is 6.21. The molecule has 1 heterocycles. The number of thiazole rings is 1. The molecule has 3 rings (SSSR count). The van der Waals surface area contributed by atoms with Gasteiger partial charge in [0.1, 0.15) is 10.7 Å². The molecule has 9 heteroatoms. The van der Waals surface area contributed by atoms with Crippen LogP contribution < -0.4 is 5.32 Å². The molecule has 3 aromatic rings. The zero-order valence-electron chi connectivity index (χ0n) is 15.7. The fourth-order valence-electron chi connectivity index (χ4n) is 3.02. The lowest BCUT2D eigenvalue weighted by Crippen LogP contribution is -2.32. The van der Waals surface area contributed by atoms with Gasteiger partial charge in [-0.2, -0.15) is 13.2 Å². The summed E-state index contributed by atoms with van der Waals surface area (Å²) in [6.45, 7) is 1.90. The molecule has 1 unspecified atom stereocenters. The van der Waals surface area contributed by atoms with Crippen LogP contribution in [-0.4, -0.2) is 22.0 Å². The number of amides is 1. The minimum absolute atomic E-state index is 0.0122. The number of aryl methyl sites for hydroxylation is 1. The second kappa shape index (κ2) is 8.66. The predicted octanol–water partition coefficient (Wildman–Crippen LogP) is 5.08. The van der Waals surface area contributed by atoms with Crippen LogP contribution in [0.3, 0.4) is 0 Å². The summed E-state index contributed by atoms with van der Waals surface area (Å²) in [7, 11) is 0. The number of halogens is 3. The molecule has 2 aromatic carbocycles. The Morgan fingerprint density at radius 3 is 2.47 bits per heavy atom. The van der Waals surface area contributed by atoms with E-state index in [-0.39, 0.29) is 11.3 Å². The number of aliphatic carboxylic acids is 1. The summed E-state index contributed by atoms with van der Waals surface area (Å²) >= 11 is 1.22. The molecule has 0 saturated carbocycles. The lowest BCUT2D eigenvalue weighted by molar-refractivity contribution is -0.140. The van der Waals surface area contributed by atoms with Crippen LogP contribution in [0.5, 0.6) is 0 Å². The molecular weight excluding hydrogens is 417 g/mol. The number of nitrogens with zero attached hydrogens (tertiary/aromatic N) is 1. The zero-order chi connectivity index (χ0) is 21.9. The van der Waals surface area contributed by atoms with Crippen LogP contribution in [0.15, 0.2) is 53.9 Å². The smallest absolute Gasteiger partial charge is 0.416 e. The van der Waals surface area contributed by atoms with Crippen molar-refractivity contribution in [2.45, 2.75) is 25.6 Å². The van der Waals surface area contributed by atoms with Crippen molar-refractivity contribution in [1.82, 2.24) is 10.3 Å². The highest BCUT2D eigenvalue weighted by molar-refractivity contribution is 7.13. The molecule has 1 aromatic heterocycles. The van der Waals surface area contributed by atoms with Gasteiger partial charge < -0.3 is 10.4 Å². The molecule has 0 spiro atoms. The monoisotopic (exact) mass is 434 g/mol. The maximum Gasteiger partial charge on any atom is 0.416 e. The summed E-state index contributed by atoms with van der Waals surface area (Å²) < 4.78 is 40.1. The van der Waals surface area contributed by atoms with Gasteiger partial charge in [-0.05, 0) is 24.1 Å². The minimum atomic E-state index is -4.68. The highest BCUT2D eigenvalue weighted by Gasteiger charge is 2.36. The van der Waals surface area contributed by atoms with Crippen LogP contribution >= 0.6 is 11.3 Å². The lowest BCUT2D eigenvalue weighted by atomic mass is 9.97. The zero-order valence-corrected chi connectivity index (χ0v) is 16.6. The van der Waals surface area contributed by atoms with Crippen molar-refractivity contribution in [3.8, 4) is 10.6 Å². The molecule has 0 aliphatic rings. The fourth-order valence-corrected chi connectivity index (χ4v) is 3.91. The number of alkyl halides is 3. The summed E-state index contributed by atoms with van der Waals surface area (Å²) in [5.74, 6) is -2.08. The Morgan fingerprint density at radius 2 is 1.80 bits per heavy atom. The summed E-state index contributed by atoms with van der Waals surface area (Å²) in [6, 6.07) is 10.7. The summed E-state index contributed by atoms with van der Waals surface area (Å²) in [6.07, 6.45) is -5.38. The van der Waals surface area contributed by atoms with Gasteiger partial charge in [0.25, 0.3) is 5.91 Å². The Bertz CT molecular complexity index is 1080. The highest BCUT2D eigenvalue weighted by Crippen LogP contribution is 2.35. The molecule has 1 amide bonds. The molecule has 0 aliphatic heterocycles. The van der Waals surface area contributed by atoms with E-state index in [1.54, 1.807) is 0 Å². The van der Waals surface area contributed by atoms with Crippen molar-refractivity contribution in [1.29, 1.82) is 0 Å². The molecule has 30 heavy (non-hydrogen) atoms. The van der Waals surface area contributed by atoms with Crippen LogP contribution in [-0.2, 0) is 11.0 Å². The third-order valence-corrected chi connectivity index (χ3v) is 5.31. The number of aromatic nitrogens is 1. The van der Waals surface area contributed by atoms with E-state index in [0.717, 1.165) is 23.3 Å². The second-order valence-electron chi connectivity index (χ2n) is 6.56. The van der Waals surface area contributed by atoms with Crippen LogP contribution in [0.25, 0.3) is 10.6 Å². The van der Waals surface area contributed by atoms with Crippen molar-refractivity contribution >= 4 is 23.2 Å². The van der Waals surface area contributed by atoms with E-state index >= 15 is 0 Å². The average Bonchev–Trinajstić information content (AvgIpc) is 3.17. The number of carbonyl (C=O) groups is 2. The van der Waals surface area contributed by atoms with Gasteiger partial charge in [0.15, 0.2) is 0 Å². The van der Waals surface area contributed by atoms with E-state index < -0.39 is 36.1 Å². The van der Waals surface area contributed by atoms with E-state index in [0.29, 0.717) is 5.01 Å². The first kappa shape index (κ1) is 21.5. The average molecular weight is 434 g/mol. The van der Waals surface area contributed by atoms with Gasteiger partial charge in [-0.3, -0.25) is 9.59 Å². The molecule has 2 N–H and O–H groups in total. The number of benzene rings is 2. The van der Waals surface area contributed by atoms with Crippen LogP contribution in [0.2, 0.25) is 0 Å². The van der Waals surface area contributed by atoms with E-state index in [1.165, 1.54) is 28.8 Å². The summed E-state index contributed by atoms with van der Waals surface area (Å²) in [5, 5.41) is 13.6. The van der Waals surface area contributed by atoms with E-state index in [4.69, 9.17) is 5.11 Å². The molecule has 1 atom stereocenters. The maximum absolute atomic E-state index is 13.4. The van der Waals surface area contributed by atoms with Gasteiger partial charge in [0.05, 0.1) is 18.0 Å². The molecule has 0 saturated heterocycles. The van der Waals surface area contributed by atoms with Gasteiger partial charge in [-0.15, -0.1) is 11.3 Å². The molecule has 0 bridgehead atoms. The molecule has 156 valence electrons. The van der Waals surface area contributed by atoms with Gasteiger partial charge in [0, 0.05) is 10.9 Å². The number of hydrogen-bond donors (Lipinski definition) is 2. The summed E-state index contributed by atoms with van der Waals surface area (Å²) in [5.41, 5.74) is 0.511. The van der Waals surface area contributed by atoms with Crippen molar-refractivity contribution in [2.75, 3.05) is 0 Å². The van der Waals surface area contributed by atoms with Gasteiger partial charge >= 0.3 is 12.1 Å². The Balaban J connectivity index is 1.90. The number of nitrogens with one attached hydrogen (secondary N) is 1. The second-order valence-corrected chi connectivity index (χ2v) is 7.42. The number of carboxylic acids is 1. The fraction of sp³-hybridized carbons (Fsp3) is 0.190. The minimum Gasteiger partial charge on any atom is -0.481 e. The standard InChI is InChI=1S/C21H17F3N2O3S/c1-12-6-2-3-7-13(12)20-26-17(11-30-20)19(29)25-16(10-18(27)28)14-8-4-5-9-15(14)21(22,23)24/h2-9,11,16H,10H2,1H3,(H,25,29)(H,27,28). The molecule has 0 fully saturated rings. The first-order valence-corrected chi connectivity index (χ1v) is 9.75. The lowest BCUT2D eigenvalue weighted by Gasteiger charge is -2.21. The summed E-state index contributed by atoms with van der Waals surface area (Å²) in [4.78, 5) is 28.2. The van der Waals surface area contributed by atoms with Crippen molar-refractivity contribution in [3.05, 3.63) is 76.3 Å². The quantitative estimate of drug-likeness (QED) is 0.567. The Morgan fingerprint density at radius 1 is 1.13 bits per heavy atom. The van der Waals surface area contributed by atoms with Crippen molar-refractivity contribution in [2.24, 2.45) is 0 Å². The topological polar surface area (TPSA) is 79.3 Å². The molecule has 5 nitrogen and oxygen atoms in total. The van der Waals surface area contributed by atoms with E-state index in [2.05, 4.69) is 10.3 Å². The van der Waals surface area contributed by atoms with Gasteiger partial charge in [-0.1, -0.05) is 42.5 Å². The SMILES string of the molecule is Cc1ccccc1-c1nc(C(=O)NC(CC(=O)O)c2ccccc2C(F)(F)F)cs1.